The molecule has 0 amide bonds. The lowest BCUT2D eigenvalue weighted by Gasteiger charge is -2.03. The fourth-order valence-electron chi connectivity index (χ4n) is 2.45. The zero-order valence-electron chi connectivity index (χ0n) is 13.7. The molecule has 2 heteroatoms. The lowest BCUT2D eigenvalue weighted by Crippen LogP contribution is -1.91. The highest BCUT2D eigenvalue weighted by molar-refractivity contribution is 4.49. The summed E-state index contributed by atoms with van der Waals surface area (Å²) in [6, 6.07) is 0. The summed E-state index contributed by atoms with van der Waals surface area (Å²) in [4.78, 5) is 9.48. The number of hydrogen-bond donors (Lipinski definition) is 0. The smallest absolute Gasteiger partial charge is 0.122 e. The van der Waals surface area contributed by atoms with Crippen molar-refractivity contribution in [1.29, 1.82) is 0 Å². The van der Waals surface area contributed by atoms with Gasteiger partial charge in [-0.1, -0.05) is 97.0 Å². The summed E-state index contributed by atoms with van der Waals surface area (Å²) in [5.74, 6) is 0. The molecule has 0 aliphatic carbocycles. The third-order valence-electron chi connectivity index (χ3n) is 3.72. The standard InChI is InChI=1S/C18H36O2/c1-3-5-6-7-8-9-10-11-12-13-14-15-16-17-18-20-19-4-2/h4H,2-3,5-18H2,1H3. The molecule has 0 bridgehead atoms. The van der Waals surface area contributed by atoms with Crippen LogP contribution in [-0.2, 0) is 9.78 Å². The van der Waals surface area contributed by atoms with E-state index in [1.165, 1.54) is 89.7 Å². The maximum atomic E-state index is 4.87. The predicted octanol–water partition coefficient (Wildman–Crippen LogP) is 6.56. The zero-order valence-corrected chi connectivity index (χ0v) is 13.7. The van der Waals surface area contributed by atoms with Crippen molar-refractivity contribution >= 4 is 0 Å². The van der Waals surface area contributed by atoms with E-state index in [4.69, 9.17) is 4.89 Å². The van der Waals surface area contributed by atoms with E-state index < -0.39 is 0 Å². The molecule has 0 fully saturated rings. The van der Waals surface area contributed by atoms with Gasteiger partial charge in [0.05, 0.1) is 6.61 Å². The summed E-state index contributed by atoms with van der Waals surface area (Å²) < 4.78 is 0. The van der Waals surface area contributed by atoms with Gasteiger partial charge in [0.25, 0.3) is 0 Å². The SMILES string of the molecule is C=COOCCCCCCCCCCCCCCCC. The van der Waals surface area contributed by atoms with Crippen molar-refractivity contribution in [2.24, 2.45) is 0 Å². The third kappa shape index (κ3) is 17.5. The Bertz CT molecular complexity index is 180. The lowest BCUT2D eigenvalue weighted by atomic mass is 10.0. The van der Waals surface area contributed by atoms with Crippen molar-refractivity contribution in [1.82, 2.24) is 0 Å². The van der Waals surface area contributed by atoms with Gasteiger partial charge < -0.3 is 4.89 Å². The average molecular weight is 284 g/mol. The Hall–Kier alpha value is -0.500. The predicted molar refractivity (Wildman–Crippen MR) is 87.5 cm³/mol. The van der Waals surface area contributed by atoms with Gasteiger partial charge in [0.15, 0.2) is 0 Å². The molecule has 0 aliphatic rings. The van der Waals surface area contributed by atoms with Crippen LogP contribution in [0.4, 0.5) is 0 Å². The van der Waals surface area contributed by atoms with E-state index in [9.17, 15) is 0 Å². The summed E-state index contributed by atoms with van der Waals surface area (Å²) >= 11 is 0. The Morgan fingerprint density at radius 3 is 1.45 bits per heavy atom. The molecular formula is C18H36O2. The van der Waals surface area contributed by atoms with Crippen LogP contribution in [0.1, 0.15) is 96.8 Å². The molecule has 0 aliphatic heterocycles. The number of hydrogen-bond acceptors (Lipinski definition) is 2. The highest BCUT2D eigenvalue weighted by atomic mass is 17.2. The first-order valence-corrected chi connectivity index (χ1v) is 8.81. The van der Waals surface area contributed by atoms with Crippen LogP contribution in [0.15, 0.2) is 12.8 Å². The fourth-order valence-corrected chi connectivity index (χ4v) is 2.45. The van der Waals surface area contributed by atoms with Crippen LogP contribution in [0, 0.1) is 0 Å². The topological polar surface area (TPSA) is 18.5 Å². The first-order chi connectivity index (χ1) is 9.91. The van der Waals surface area contributed by atoms with Crippen LogP contribution in [0.25, 0.3) is 0 Å². The molecule has 0 spiro atoms. The Labute approximate surface area is 126 Å². The van der Waals surface area contributed by atoms with Gasteiger partial charge >= 0.3 is 0 Å². The largest absolute Gasteiger partial charge is 0.346 e. The molecule has 0 aromatic heterocycles. The van der Waals surface area contributed by atoms with Crippen molar-refractivity contribution in [3.8, 4) is 0 Å². The van der Waals surface area contributed by atoms with Crippen LogP contribution in [0.3, 0.4) is 0 Å². The van der Waals surface area contributed by atoms with Gasteiger partial charge in [-0.15, -0.1) is 0 Å². The summed E-state index contributed by atoms with van der Waals surface area (Å²) in [5.41, 5.74) is 0. The van der Waals surface area contributed by atoms with E-state index in [1.807, 2.05) is 0 Å². The van der Waals surface area contributed by atoms with Gasteiger partial charge in [0.2, 0.25) is 0 Å². The van der Waals surface area contributed by atoms with E-state index in [0.29, 0.717) is 6.61 Å². The second-order valence-corrected chi connectivity index (χ2v) is 5.68. The maximum absolute atomic E-state index is 4.87. The monoisotopic (exact) mass is 284 g/mol. The van der Waals surface area contributed by atoms with Crippen molar-refractivity contribution < 1.29 is 9.78 Å². The molecule has 0 rings (SSSR count). The molecule has 120 valence electrons. The lowest BCUT2D eigenvalue weighted by molar-refractivity contribution is -0.248. The summed E-state index contributed by atoms with van der Waals surface area (Å²) in [7, 11) is 0. The van der Waals surface area contributed by atoms with E-state index >= 15 is 0 Å². The minimum atomic E-state index is 0.685. The molecule has 0 saturated heterocycles. The number of rotatable bonds is 17. The Kier molecular flexibility index (Phi) is 18.0. The van der Waals surface area contributed by atoms with Crippen molar-refractivity contribution in [3.05, 3.63) is 12.8 Å². The summed E-state index contributed by atoms with van der Waals surface area (Å²) in [5, 5.41) is 0. The van der Waals surface area contributed by atoms with Crippen molar-refractivity contribution in [3.63, 3.8) is 0 Å². The van der Waals surface area contributed by atoms with Gasteiger partial charge in [-0.3, -0.25) is 0 Å². The van der Waals surface area contributed by atoms with Crippen LogP contribution in [0.5, 0.6) is 0 Å². The molecule has 0 heterocycles. The Morgan fingerprint density at radius 2 is 1.05 bits per heavy atom. The first-order valence-electron chi connectivity index (χ1n) is 8.81. The molecule has 0 unspecified atom stereocenters. The van der Waals surface area contributed by atoms with Crippen LogP contribution in [0.2, 0.25) is 0 Å². The van der Waals surface area contributed by atoms with E-state index in [-0.39, 0.29) is 0 Å². The van der Waals surface area contributed by atoms with Crippen LogP contribution in [-0.4, -0.2) is 6.61 Å². The van der Waals surface area contributed by atoms with Crippen molar-refractivity contribution in [2.45, 2.75) is 96.8 Å². The zero-order chi connectivity index (χ0) is 14.7. The molecule has 0 aromatic rings. The second kappa shape index (κ2) is 18.5. The number of unbranched alkanes of at least 4 members (excludes halogenated alkanes) is 13. The molecule has 0 aromatic carbocycles. The fraction of sp³-hybridized carbons (Fsp3) is 0.889. The third-order valence-corrected chi connectivity index (χ3v) is 3.72. The molecule has 0 N–H and O–H groups in total. The second-order valence-electron chi connectivity index (χ2n) is 5.68. The molecular weight excluding hydrogens is 248 g/mol. The molecule has 20 heavy (non-hydrogen) atoms. The first kappa shape index (κ1) is 19.5. The van der Waals surface area contributed by atoms with Gasteiger partial charge in [0, 0.05) is 0 Å². The minimum absolute atomic E-state index is 0.685. The quantitative estimate of drug-likeness (QED) is 0.130. The highest BCUT2D eigenvalue weighted by Crippen LogP contribution is 2.12. The van der Waals surface area contributed by atoms with Gasteiger partial charge in [-0.05, 0) is 6.42 Å². The van der Waals surface area contributed by atoms with Gasteiger partial charge in [-0.25, -0.2) is 0 Å². The van der Waals surface area contributed by atoms with Crippen LogP contribution < -0.4 is 0 Å². The summed E-state index contributed by atoms with van der Waals surface area (Å²) in [6.45, 7) is 6.39. The van der Waals surface area contributed by atoms with Crippen molar-refractivity contribution in [2.75, 3.05) is 6.61 Å². The molecule has 0 saturated carbocycles. The molecule has 2 nitrogen and oxygen atoms in total. The van der Waals surface area contributed by atoms with E-state index in [2.05, 4.69) is 18.4 Å². The average Bonchev–Trinajstić information content (AvgIpc) is 2.47. The Morgan fingerprint density at radius 1 is 0.650 bits per heavy atom. The molecule has 0 atom stereocenters. The van der Waals surface area contributed by atoms with E-state index in [1.54, 1.807) is 0 Å². The van der Waals surface area contributed by atoms with Crippen LogP contribution >= 0.6 is 0 Å². The van der Waals surface area contributed by atoms with Gasteiger partial charge in [0.1, 0.15) is 6.26 Å². The minimum Gasteiger partial charge on any atom is -0.346 e. The maximum Gasteiger partial charge on any atom is 0.122 e. The van der Waals surface area contributed by atoms with E-state index in [0.717, 1.165) is 6.42 Å². The summed E-state index contributed by atoms with van der Waals surface area (Å²) in [6.07, 6.45) is 20.6. The van der Waals surface area contributed by atoms with Gasteiger partial charge in [-0.2, -0.15) is 4.89 Å². The normalized spacial score (nSPS) is 10.7. The highest BCUT2D eigenvalue weighted by Gasteiger charge is 1.94. The Balaban J connectivity index is 2.90. The molecule has 0 radical (unpaired) electrons.